The Morgan fingerprint density at radius 2 is 1.62 bits per heavy atom. The van der Waals surface area contributed by atoms with Crippen molar-refractivity contribution in [2.24, 2.45) is 40.4 Å². The van der Waals surface area contributed by atoms with Crippen LogP contribution < -0.4 is 0 Å². The molecule has 6 aliphatic rings. The lowest BCUT2D eigenvalue weighted by molar-refractivity contribution is -0.173. The molecule has 0 N–H and O–H groups in total. The van der Waals surface area contributed by atoms with Crippen molar-refractivity contribution in [3.8, 4) is 0 Å². The van der Waals surface area contributed by atoms with E-state index in [1.807, 2.05) is 0 Å². The summed E-state index contributed by atoms with van der Waals surface area (Å²) in [6.45, 7) is 11.9. The summed E-state index contributed by atoms with van der Waals surface area (Å²) in [5, 5.41) is 0. The van der Waals surface area contributed by atoms with E-state index < -0.39 is 5.79 Å². The second-order valence-corrected chi connectivity index (χ2v) is 11.8. The smallest absolute Gasteiger partial charge is 0.163 e. The maximum atomic E-state index is 6.69. The Hall–Kier alpha value is -0.120. The van der Waals surface area contributed by atoms with E-state index in [-0.39, 0.29) is 12.2 Å². The molecule has 4 saturated carbocycles. The van der Waals surface area contributed by atoms with Crippen LogP contribution in [0.25, 0.3) is 0 Å². The highest BCUT2D eigenvalue weighted by atomic mass is 16.8. The van der Waals surface area contributed by atoms with Crippen LogP contribution in [0.3, 0.4) is 0 Å². The van der Waals surface area contributed by atoms with Gasteiger partial charge in [-0.25, -0.2) is 0 Å². The van der Waals surface area contributed by atoms with Crippen LogP contribution in [-0.4, -0.2) is 30.2 Å². The Morgan fingerprint density at radius 1 is 0.846 bits per heavy atom. The van der Waals surface area contributed by atoms with Crippen molar-refractivity contribution in [3.05, 3.63) is 0 Å². The molecule has 6 fully saturated rings. The molecule has 0 bridgehead atoms. The maximum absolute atomic E-state index is 6.69. The molecule has 5 unspecified atom stereocenters. The van der Waals surface area contributed by atoms with Crippen LogP contribution in [0, 0.1) is 40.4 Å². The van der Waals surface area contributed by atoms with Crippen molar-refractivity contribution < 1.29 is 14.2 Å². The van der Waals surface area contributed by atoms with Gasteiger partial charge >= 0.3 is 0 Å². The summed E-state index contributed by atoms with van der Waals surface area (Å²) in [7, 11) is 0. The average Bonchev–Trinajstić information content (AvgIpc) is 3.15. The molecule has 0 aromatic heterocycles. The van der Waals surface area contributed by atoms with Gasteiger partial charge < -0.3 is 14.2 Å². The highest BCUT2D eigenvalue weighted by Gasteiger charge is 2.72. The Labute approximate surface area is 158 Å². The van der Waals surface area contributed by atoms with Gasteiger partial charge in [-0.05, 0) is 86.9 Å². The van der Waals surface area contributed by atoms with Crippen molar-refractivity contribution in [2.75, 3.05) is 0 Å². The van der Waals surface area contributed by atoms with Gasteiger partial charge in [-0.1, -0.05) is 20.8 Å². The van der Waals surface area contributed by atoms with Crippen LogP contribution in [0.5, 0.6) is 0 Å². The fourth-order valence-corrected chi connectivity index (χ4v) is 8.93. The number of rotatable bonds is 0. The van der Waals surface area contributed by atoms with Crippen LogP contribution in [0.4, 0.5) is 0 Å². The summed E-state index contributed by atoms with van der Waals surface area (Å²) in [5.41, 5.74) is 0.901. The van der Waals surface area contributed by atoms with Gasteiger partial charge in [-0.15, -0.1) is 0 Å². The molecule has 2 aliphatic heterocycles. The van der Waals surface area contributed by atoms with Crippen LogP contribution >= 0.6 is 0 Å². The summed E-state index contributed by atoms with van der Waals surface area (Å²) >= 11 is 0. The molecule has 11 atom stereocenters. The fourth-order valence-electron chi connectivity index (χ4n) is 8.93. The van der Waals surface area contributed by atoms with Gasteiger partial charge in [-0.3, -0.25) is 0 Å². The molecule has 2 heterocycles. The molecule has 4 aliphatic carbocycles. The highest BCUT2D eigenvalue weighted by Crippen LogP contribution is 2.70. The number of hydrogen-bond acceptors (Lipinski definition) is 3. The zero-order valence-electron chi connectivity index (χ0n) is 17.2. The minimum absolute atomic E-state index is 0.241. The number of fused-ring (bicyclic) bond motifs is 10. The van der Waals surface area contributed by atoms with E-state index in [4.69, 9.17) is 14.2 Å². The summed E-state index contributed by atoms with van der Waals surface area (Å²) < 4.78 is 19.5. The SMILES string of the molecule is CC1CC2C3C(CC[C@]2(C)C1)[C@@]1(C)CC[C@H]2O[C@H]2C1[C@H]1OC(C)(C)O[C@H]31. The minimum atomic E-state index is -0.439. The molecule has 6 rings (SSSR count). The van der Waals surface area contributed by atoms with Crippen molar-refractivity contribution in [1.29, 1.82) is 0 Å². The standard InChI is InChI=1S/C23H36O3/c1-12-10-14-16-13(6-8-22(14,4)11-12)23(5)9-7-15-18(24-15)17(23)20-19(16)25-21(2,3)26-20/h12-20H,6-11H2,1-5H3/t12?,13?,14?,15-,16?,17?,18-,19-,20-,22-,23-/m1/s1. The molecule has 0 radical (unpaired) electrons. The first-order chi connectivity index (χ1) is 12.2. The molecule has 3 nitrogen and oxygen atoms in total. The van der Waals surface area contributed by atoms with Gasteiger partial charge in [0, 0.05) is 5.92 Å². The van der Waals surface area contributed by atoms with E-state index in [0.717, 1.165) is 17.8 Å². The molecule has 2 saturated heterocycles. The molecule has 146 valence electrons. The van der Waals surface area contributed by atoms with Crippen molar-refractivity contribution >= 4 is 0 Å². The lowest BCUT2D eigenvalue weighted by Gasteiger charge is -2.61. The number of epoxide rings is 1. The monoisotopic (exact) mass is 360 g/mol. The predicted octanol–water partition coefficient (Wildman–Crippen LogP) is 4.78. The number of ether oxygens (including phenoxy) is 3. The Balaban J connectivity index is 1.46. The first kappa shape index (κ1) is 16.8. The van der Waals surface area contributed by atoms with Crippen molar-refractivity contribution in [2.45, 2.75) is 103 Å². The topological polar surface area (TPSA) is 31.0 Å². The van der Waals surface area contributed by atoms with E-state index >= 15 is 0 Å². The molecule has 26 heavy (non-hydrogen) atoms. The summed E-state index contributed by atoms with van der Waals surface area (Å²) in [6.07, 6.45) is 9.69. The van der Waals surface area contributed by atoms with Crippen LogP contribution in [0.1, 0.15) is 73.1 Å². The minimum Gasteiger partial charge on any atom is -0.369 e. The molecule has 0 spiro atoms. The predicted molar refractivity (Wildman–Crippen MR) is 99.5 cm³/mol. The second-order valence-electron chi connectivity index (χ2n) is 11.8. The normalized spacial score (nSPS) is 64.7. The molecular weight excluding hydrogens is 324 g/mol. The highest BCUT2D eigenvalue weighted by molar-refractivity contribution is 5.19. The molecule has 0 aromatic carbocycles. The molecule has 3 heteroatoms. The Bertz CT molecular complexity index is 631. The third-order valence-corrected chi connectivity index (χ3v) is 9.77. The van der Waals surface area contributed by atoms with Crippen LogP contribution in [0.2, 0.25) is 0 Å². The maximum Gasteiger partial charge on any atom is 0.163 e. The average molecular weight is 361 g/mol. The Kier molecular flexibility index (Phi) is 3.16. The summed E-state index contributed by atoms with van der Waals surface area (Å²) in [6, 6.07) is 0. The van der Waals surface area contributed by atoms with Gasteiger partial charge in [0.15, 0.2) is 5.79 Å². The molecule has 0 amide bonds. The van der Waals surface area contributed by atoms with Gasteiger partial charge in [0.05, 0.1) is 24.4 Å². The van der Waals surface area contributed by atoms with E-state index in [1.54, 1.807) is 0 Å². The van der Waals surface area contributed by atoms with Gasteiger partial charge in [0.25, 0.3) is 0 Å². The first-order valence-corrected chi connectivity index (χ1v) is 11.2. The van der Waals surface area contributed by atoms with Gasteiger partial charge in [-0.2, -0.15) is 0 Å². The van der Waals surface area contributed by atoms with Gasteiger partial charge in [0.2, 0.25) is 0 Å². The first-order valence-electron chi connectivity index (χ1n) is 11.2. The number of hydrogen-bond donors (Lipinski definition) is 0. The summed E-state index contributed by atoms with van der Waals surface area (Å²) in [4.78, 5) is 0. The fraction of sp³-hybridized carbons (Fsp3) is 1.00. The quantitative estimate of drug-likeness (QED) is 0.582. The Morgan fingerprint density at radius 3 is 2.42 bits per heavy atom. The van der Waals surface area contributed by atoms with Crippen LogP contribution in [-0.2, 0) is 14.2 Å². The molecular formula is C23H36O3. The zero-order chi connectivity index (χ0) is 18.1. The second kappa shape index (κ2) is 4.89. The van der Waals surface area contributed by atoms with E-state index in [1.165, 1.54) is 38.5 Å². The zero-order valence-corrected chi connectivity index (χ0v) is 17.2. The molecule has 0 aromatic rings. The third-order valence-electron chi connectivity index (χ3n) is 9.77. The third kappa shape index (κ3) is 2.01. The summed E-state index contributed by atoms with van der Waals surface area (Å²) in [5.74, 6) is 3.26. The van der Waals surface area contributed by atoms with Crippen molar-refractivity contribution in [1.82, 2.24) is 0 Å². The van der Waals surface area contributed by atoms with Crippen molar-refractivity contribution in [3.63, 3.8) is 0 Å². The van der Waals surface area contributed by atoms with E-state index in [2.05, 4.69) is 34.6 Å². The van der Waals surface area contributed by atoms with Gasteiger partial charge in [0.1, 0.15) is 0 Å². The lowest BCUT2D eigenvalue weighted by Crippen LogP contribution is -2.63. The lowest BCUT2D eigenvalue weighted by atomic mass is 9.44. The van der Waals surface area contributed by atoms with E-state index in [9.17, 15) is 0 Å². The van der Waals surface area contributed by atoms with Crippen LogP contribution in [0.15, 0.2) is 0 Å². The largest absolute Gasteiger partial charge is 0.369 e. The van der Waals surface area contributed by atoms with E-state index in [0.29, 0.717) is 34.9 Å².